The summed E-state index contributed by atoms with van der Waals surface area (Å²) in [5.74, 6) is -9.55. The van der Waals surface area contributed by atoms with Crippen LogP contribution in [0.3, 0.4) is 0 Å². The van der Waals surface area contributed by atoms with E-state index in [2.05, 4.69) is 89.1 Å². The van der Waals surface area contributed by atoms with Gasteiger partial charge >= 0.3 is 25.2 Å². The summed E-state index contributed by atoms with van der Waals surface area (Å²) >= 11 is 4.24. The molecule has 0 fully saturated rings. The zero-order chi connectivity index (χ0) is 78.5. The van der Waals surface area contributed by atoms with Gasteiger partial charge in [-0.1, -0.05) is 63.5 Å². The number of hydrogen-bond acceptors (Lipinski definition) is 22. The molecule has 4 amide bonds. The van der Waals surface area contributed by atoms with Crippen LogP contribution >= 0.6 is 45.3 Å². The molecule has 0 saturated heterocycles. The van der Waals surface area contributed by atoms with Crippen LogP contribution in [0.1, 0.15) is 63.7 Å². The highest BCUT2D eigenvalue weighted by atomic mass is 32.1. The van der Waals surface area contributed by atoms with E-state index in [1.165, 1.54) is 104 Å². The Bertz CT molecular complexity index is 5290. The number of amides is 4. The molecule has 0 atom stereocenters. The van der Waals surface area contributed by atoms with Crippen molar-refractivity contribution in [3.05, 3.63) is 226 Å². The summed E-state index contributed by atoms with van der Waals surface area (Å²) < 4.78 is 223. The maximum atomic E-state index is 13.7. The molecule has 0 bridgehead atoms. The molecule has 4 N–H and O–H groups in total. The van der Waals surface area contributed by atoms with Gasteiger partial charge in [-0.3, -0.25) is 29.1 Å². The van der Waals surface area contributed by atoms with Crippen LogP contribution in [-0.2, 0) is 0 Å². The maximum absolute atomic E-state index is 13.7. The smallest absolute Gasteiger partial charge is 0.395 e. The van der Waals surface area contributed by atoms with Crippen molar-refractivity contribution < 1.29 is 119 Å². The topological polar surface area (TPSA) is 268 Å². The van der Waals surface area contributed by atoms with Crippen LogP contribution in [0.4, 0.5) is 81.5 Å². The highest BCUT2D eigenvalue weighted by Gasteiger charge is 2.47. The number of hydrogen-bond donors (Lipinski definition) is 4. The lowest BCUT2D eigenvalue weighted by Gasteiger charge is -2.05. The van der Waals surface area contributed by atoms with Gasteiger partial charge in [-0.15, -0.1) is 35.1 Å². The second-order valence-electron chi connectivity index (χ2n) is 23.0. The van der Waals surface area contributed by atoms with Crippen molar-refractivity contribution in [1.82, 2.24) is 29.9 Å². The van der Waals surface area contributed by atoms with E-state index >= 15 is 0 Å². The normalized spacial score (nSPS) is 14.2. The number of carbonyl (C=O) groups is 4. The van der Waals surface area contributed by atoms with Gasteiger partial charge in [0.15, 0.2) is 63.4 Å². The van der Waals surface area contributed by atoms with Crippen LogP contribution in [0.2, 0.25) is 0 Å². The Morgan fingerprint density at radius 2 is 0.591 bits per heavy atom. The lowest BCUT2D eigenvalue weighted by atomic mass is 10.1. The van der Waals surface area contributed by atoms with E-state index in [1.807, 2.05) is 0 Å². The molecule has 0 saturated carbocycles. The van der Waals surface area contributed by atoms with Crippen molar-refractivity contribution >= 4 is 89.0 Å². The Kier molecular flexibility index (Phi) is 20.6. The number of benzene rings is 6. The molecule has 0 spiro atoms. The fourth-order valence-corrected chi connectivity index (χ4v) is 14.0. The third-order valence-electron chi connectivity index (χ3n) is 15.3. The van der Waals surface area contributed by atoms with Crippen molar-refractivity contribution in [3.8, 4) is 88.3 Å². The molecule has 12 aromatic rings. The number of anilines is 4. The molecule has 564 valence electrons. The molecule has 22 nitrogen and oxygen atoms in total. The lowest BCUT2D eigenvalue weighted by molar-refractivity contribution is -0.287. The molecule has 0 radical (unpaired) electrons. The minimum absolute atomic E-state index is 0.0501. The average molecular weight is 1610 g/mol. The van der Waals surface area contributed by atoms with Gasteiger partial charge in [0.05, 0.1) is 54.5 Å². The summed E-state index contributed by atoms with van der Waals surface area (Å²) in [6.45, 7) is 6.76. The summed E-state index contributed by atoms with van der Waals surface area (Å²) in [6.07, 6.45) is -5.79. The third kappa shape index (κ3) is 16.7. The van der Waals surface area contributed by atoms with Gasteiger partial charge in [0.25, 0.3) is 23.6 Å². The van der Waals surface area contributed by atoms with Crippen LogP contribution in [0.25, 0.3) is 42.3 Å². The molecule has 6 aromatic heterocycles. The fourth-order valence-electron chi connectivity index (χ4n) is 10.4. The molecular formula is C70H40F14N10O12S4. The standard InChI is InChI=1S/C18H10F4N2O3S.C18H11F3N2O3S.C17H9F4N3O3S.C17H10F3N3O3S/c1-8-5-12-13(27-18(21,22)26-12)6-9(8)17-23-7-14(28-17)24-16(25)15-10(19)3-2-4-11(15)20;1-9-6-13-14(26-18(20,21)25-13)7-11(9)17-22-8-15(27-17)23-16(24)10-4-2-3-5-12(10)19;1-7-2-11-12(27-17(20,21)26-11)3-8(7)16-23-6-13(28-16)24-15(25)14-9(18)4-22-5-10(14)19;1-8-4-12-13(26-17(19,20)25-12)5-10(8)16-22-7-14(27-16)23-15(24)9-2-3-21-6-11(9)18/h2-7H,1H3,(H,24,25);2-8H,1H3,(H,23,24);2-6H,1H3,(H,24,25);2-7H,1H3,(H,23,24). The molecule has 6 aromatic carbocycles. The first-order valence-electron chi connectivity index (χ1n) is 30.9. The number of ether oxygens (including phenoxy) is 8. The van der Waals surface area contributed by atoms with Crippen molar-refractivity contribution in [2.75, 3.05) is 21.3 Å². The van der Waals surface area contributed by atoms with Crippen molar-refractivity contribution in [3.63, 3.8) is 0 Å². The van der Waals surface area contributed by atoms with Crippen LogP contribution in [0.15, 0.2) is 147 Å². The number of nitrogens with one attached hydrogen (secondary N) is 4. The Balaban J connectivity index is 0.000000129. The molecule has 0 unspecified atom stereocenters. The number of rotatable bonds is 12. The molecular weight excluding hydrogens is 1570 g/mol. The molecule has 0 aliphatic carbocycles. The van der Waals surface area contributed by atoms with Crippen molar-refractivity contribution in [2.45, 2.75) is 52.9 Å². The first-order valence-corrected chi connectivity index (χ1v) is 34.2. The van der Waals surface area contributed by atoms with Gasteiger partial charge in [0.2, 0.25) is 0 Å². The second kappa shape index (κ2) is 29.9. The lowest BCUT2D eigenvalue weighted by Crippen LogP contribution is -2.25. The first-order chi connectivity index (χ1) is 52.1. The van der Waals surface area contributed by atoms with Crippen molar-refractivity contribution in [2.24, 2.45) is 0 Å². The maximum Gasteiger partial charge on any atom is 0.586 e. The number of thiazole rings is 4. The number of fused-ring (bicyclic) bond motifs is 4. The Morgan fingerprint density at radius 3 is 0.909 bits per heavy atom. The quantitative estimate of drug-likeness (QED) is 0.0828. The summed E-state index contributed by atoms with van der Waals surface area (Å²) in [7, 11) is 0. The molecule has 110 heavy (non-hydrogen) atoms. The summed E-state index contributed by atoms with van der Waals surface area (Å²) in [5, 5.41) is 12.8. The number of aromatic nitrogens is 6. The van der Waals surface area contributed by atoms with E-state index in [9.17, 15) is 80.6 Å². The SMILES string of the molecule is Cc1cc2c(cc1-c1ncc(NC(=O)c3c(F)cccc3F)s1)OC(F)(F)O2.Cc1cc2c(cc1-c1ncc(NC(=O)c3c(F)cncc3F)s1)OC(F)(F)O2.Cc1cc2c(cc1-c1ncc(NC(=O)c3ccccc3F)s1)OC(F)(F)O2.Cc1cc2c(cc1-c1ncc(NC(=O)c3ccncc3F)s1)OC(F)(F)O2. The summed E-state index contributed by atoms with van der Waals surface area (Å²) in [6, 6.07) is 21.1. The highest BCUT2D eigenvalue weighted by Crippen LogP contribution is 2.50. The number of alkyl halides is 8. The Labute approximate surface area is 622 Å². The summed E-state index contributed by atoms with van der Waals surface area (Å²) in [4.78, 5) is 72.2. The van der Waals surface area contributed by atoms with Gasteiger partial charge in [0, 0.05) is 28.5 Å². The highest BCUT2D eigenvalue weighted by molar-refractivity contribution is 7.20. The van der Waals surface area contributed by atoms with Gasteiger partial charge in [-0.2, -0.15) is 0 Å². The monoisotopic (exact) mass is 1610 g/mol. The van der Waals surface area contributed by atoms with E-state index in [0.717, 1.165) is 82.1 Å². The Morgan fingerprint density at radius 1 is 0.318 bits per heavy atom. The number of aryl methyl sites for hydroxylation is 4. The van der Waals surface area contributed by atoms with Gasteiger partial charge in [-0.05, 0) is 129 Å². The van der Waals surface area contributed by atoms with Gasteiger partial charge in [-0.25, -0.2) is 46.3 Å². The molecule has 10 heterocycles. The number of carbonyl (C=O) groups excluding carboxylic acids is 4. The zero-order valence-corrected chi connectivity index (χ0v) is 58.6. The van der Waals surface area contributed by atoms with E-state index in [4.69, 9.17) is 0 Å². The van der Waals surface area contributed by atoms with E-state index in [-0.39, 0.29) is 67.1 Å². The number of pyridine rings is 2. The predicted octanol–water partition coefficient (Wildman–Crippen LogP) is 18.4. The summed E-state index contributed by atoms with van der Waals surface area (Å²) in [5.41, 5.74) is 2.82. The van der Waals surface area contributed by atoms with E-state index < -0.39 is 94.8 Å². The van der Waals surface area contributed by atoms with Gasteiger partial charge in [0.1, 0.15) is 68.6 Å². The van der Waals surface area contributed by atoms with Crippen LogP contribution < -0.4 is 59.2 Å². The van der Waals surface area contributed by atoms with Crippen molar-refractivity contribution in [1.29, 1.82) is 0 Å². The average Bonchev–Trinajstić information content (AvgIpc) is 1.61. The molecule has 4 aliphatic heterocycles. The van der Waals surface area contributed by atoms with Crippen LogP contribution in [-0.4, -0.2) is 78.7 Å². The molecule has 4 aliphatic rings. The van der Waals surface area contributed by atoms with E-state index in [0.29, 0.717) is 74.5 Å². The minimum atomic E-state index is -3.74. The van der Waals surface area contributed by atoms with Crippen LogP contribution in [0.5, 0.6) is 46.0 Å². The first kappa shape index (κ1) is 75.7. The predicted molar refractivity (Wildman–Crippen MR) is 367 cm³/mol. The number of nitrogens with zero attached hydrogens (tertiary/aromatic N) is 6. The minimum Gasteiger partial charge on any atom is -0.395 e. The zero-order valence-electron chi connectivity index (χ0n) is 55.4. The van der Waals surface area contributed by atoms with Crippen LogP contribution in [0, 0.1) is 62.6 Å². The molecule has 40 heteroatoms. The fraction of sp³-hybridized carbons (Fsp3) is 0.114. The Hall–Kier alpha value is -12.6. The third-order valence-corrected chi connectivity index (χ3v) is 19.1. The van der Waals surface area contributed by atoms with E-state index in [1.54, 1.807) is 33.8 Å². The number of halogens is 14. The molecule has 16 rings (SSSR count). The van der Waals surface area contributed by atoms with Gasteiger partial charge < -0.3 is 59.2 Å². The largest absolute Gasteiger partial charge is 0.586 e. The second-order valence-corrected chi connectivity index (χ2v) is 27.1.